The lowest BCUT2D eigenvalue weighted by Crippen LogP contribution is -2.12. The van der Waals surface area contributed by atoms with Gasteiger partial charge in [-0.15, -0.1) is 0 Å². The third-order valence-corrected chi connectivity index (χ3v) is 5.01. The maximum atomic E-state index is 11.0. The van der Waals surface area contributed by atoms with E-state index in [1.165, 1.54) is 43.4 Å². The molecule has 1 saturated carbocycles. The molecule has 1 aliphatic heterocycles. The first kappa shape index (κ1) is 14.3. The molecule has 0 spiro atoms. The summed E-state index contributed by atoms with van der Waals surface area (Å²) in [6, 6.07) is 6.97. The first-order chi connectivity index (χ1) is 11.2. The molecule has 1 aromatic heterocycles. The van der Waals surface area contributed by atoms with Crippen molar-refractivity contribution in [3.63, 3.8) is 0 Å². The van der Waals surface area contributed by atoms with E-state index in [0.29, 0.717) is 11.5 Å². The van der Waals surface area contributed by atoms with Gasteiger partial charge in [-0.1, -0.05) is 6.42 Å². The Hall–Kier alpha value is -2.30. The topological polar surface area (TPSA) is 67.1 Å². The monoisotopic (exact) mass is 311 g/mol. The summed E-state index contributed by atoms with van der Waals surface area (Å²) in [7, 11) is 0. The Morgan fingerprint density at radius 1 is 1.17 bits per heavy atom. The van der Waals surface area contributed by atoms with Gasteiger partial charge in [-0.25, -0.2) is 9.48 Å². The fourth-order valence-electron chi connectivity index (χ4n) is 3.47. The van der Waals surface area contributed by atoms with E-state index in [1.54, 1.807) is 12.1 Å². The number of carboxylic acids is 1. The highest BCUT2D eigenvalue weighted by Gasteiger charge is 2.29. The average molecular weight is 311 g/mol. The molecule has 0 bridgehead atoms. The number of aromatic nitrogens is 2. The Bertz CT molecular complexity index is 729. The van der Waals surface area contributed by atoms with Crippen molar-refractivity contribution < 1.29 is 9.90 Å². The van der Waals surface area contributed by atoms with Crippen LogP contribution in [0.1, 0.15) is 59.6 Å². The van der Waals surface area contributed by atoms with Crippen LogP contribution in [0.2, 0.25) is 0 Å². The summed E-state index contributed by atoms with van der Waals surface area (Å²) in [6.45, 7) is 0.968. The van der Waals surface area contributed by atoms with Gasteiger partial charge < -0.3 is 10.4 Å². The molecule has 1 fully saturated rings. The highest BCUT2D eigenvalue weighted by atomic mass is 16.4. The van der Waals surface area contributed by atoms with Crippen LogP contribution in [0, 0.1) is 0 Å². The average Bonchev–Trinajstić information content (AvgIpc) is 2.70. The van der Waals surface area contributed by atoms with Crippen molar-refractivity contribution in [2.45, 2.75) is 44.4 Å². The normalized spacial score (nSPS) is 17.7. The van der Waals surface area contributed by atoms with Crippen LogP contribution >= 0.6 is 0 Å². The molecular formula is C18H21N3O2. The van der Waals surface area contributed by atoms with E-state index in [4.69, 9.17) is 10.2 Å². The number of fused-ring (bicyclic) bond motifs is 1. The van der Waals surface area contributed by atoms with E-state index >= 15 is 0 Å². The quantitative estimate of drug-likeness (QED) is 0.909. The molecule has 2 aliphatic rings. The summed E-state index contributed by atoms with van der Waals surface area (Å²) in [5.74, 6) is 0.805. The molecule has 2 N–H and O–H groups in total. The second-order valence-electron chi connectivity index (χ2n) is 6.49. The molecule has 0 amide bonds. The molecule has 2 heterocycles. The standard InChI is InChI=1S/C18H21N3O2/c22-18(23)13-7-9-14(10-8-13)21-17-15(6-1-2-11-19-17)16(20-21)12-4-3-5-12/h7-10,12,19H,1-6,11H2,(H,22,23). The van der Waals surface area contributed by atoms with Crippen LogP contribution in [0.4, 0.5) is 5.82 Å². The van der Waals surface area contributed by atoms with Gasteiger partial charge in [0.2, 0.25) is 0 Å². The zero-order chi connectivity index (χ0) is 15.8. The fourth-order valence-corrected chi connectivity index (χ4v) is 3.47. The Balaban J connectivity index is 1.78. The number of aromatic carboxylic acids is 1. The summed E-state index contributed by atoms with van der Waals surface area (Å²) >= 11 is 0. The third kappa shape index (κ3) is 2.50. The van der Waals surface area contributed by atoms with Crippen molar-refractivity contribution in [2.75, 3.05) is 11.9 Å². The van der Waals surface area contributed by atoms with E-state index in [-0.39, 0.29) is 0 Å². The van der Waals surface area contributed by atoms with Crippen LogP contribution in [-0.2, 0) is 6.42 Å². The Labute approximate surface area is 135 Å². The van der Waals surface area contributed by atoms with Crippen LogP contribution in [0.15, 0.2) is 24.3 Å². The number of hydrogen-bond acceptors (Lipinski definition) is 3. The van der Waals surface area contributed by atoms with Gasteiger partial charge in [-0.3, -0.25) is 0 Å². The Kier molecular flexibility index (Phi) is 3.56. The second-order valence-corrected chi connectivity index (χ2v) is 6.49. The number of nitrogens with one attached hydrogen (secondary N) is 1. The number of carbonyl (C=O) groups is 1. The Morgan fingerprint density at radius 3 is 2.61 bits per heavy atom. The minimum atomic E-state index is -0.899. The maximum absolute atomic E-state index is 11.0. The lowest BCUT2D eigenvalue weighted by molar-refractivity contribution is 0.0697. The van der Waals surface area contributed by atoms with Crippen molar-refractivity contribution >= 4 is 11.8 Å². The fraction of sp³-hybridized carbons (Fsp3) is 0.444. The van der Waals surface area contributed by atoms with Crippen LogP contribution in [0.5, 0.6) is 0 Å². The number of nitrogens with zero attached hydrogens (tertiary/aromatic N) is 2. The molecule has 5 heteroatoms. The minimum Gasteiger partial charge on any atom is -0.478 e. The first-order valence-electron chi connectivity index (χ1n) is 8.43. The summed E-state index contributed by atoms with van der Waals surface area (Å²) < 4.78 is 1.97. The van der Waals surface area contributed by atoms with Gasteiger partial charge in [0.05, 0.1) is 16.9 Å². The molecular weight excluding hydrogens is 290 g/mol. The van der Waals surface area contributed by atoms with E-state index in [9.17, 15) is 4.79 Å². The minimum absolute atomic E-state index is 0.305. The molecule has 1 aromatic carbocycles. The third-order valence-electron chi connectivity index (χ3n) is 5.01. The van der Waals surface area contributed by atoms with Gasteiger partial charge in [0.25, 0.3) is 0 Å². The smallest absolute Gasteiger partial charge is 0.335 e. The number of benzene rings is 1. The summed E-state index contributed by atoms with van der Waals surface area (Å²) in [6.07, 6.45) is 7.23. The highest BCUT2D eigenvalue weighted by molar-refractivity contribution is 5.87. The molecule has 0 atom stereocenters. The van der Waals surface area contributed by atoms with E-state index < -0.39 is 5.97 Å². The zero-order valence-corrected chi connectivity index (χ0v) is 13.1. The summed E-state index contributed by atoms with van der Waals surface area (Å²) in [5.41, 5.74) is 3.85. The summed E-state index contributed by atoms with van der Waals surface area (Å²) in [4.78, 5) is 11.0. The number of hydrogen-bond donors (Lipinski definition) is 2. The van der Waals surface area contributed by atoms with Gasteiger partial charge in [-0.05, 0) is 56.4 Å². The van der Waals surface area contributed by atoms with Crippen LogP contribution in [0.3, 0.4) is 0 Å². The van der Waals surface area contributed by atoms with E-state index in [1.807, 2.05) is 16.8 Å². The highest BCUT2D eigenvalue weighted by Crippen LogP contribution is 2.41. The lowest BCUT2D eigenvalue weighted by atomic mass is 9.81. The van der Waals surface area contributed by atoms with E-state index in [0.717, 1.165) is 24.5 Å². The largest absolute Gasteiger partial charge is 0.478 e. The first-order valence-corrected chi connectivity index (χ1v) is 8.43. The van der Waals surface area contributed by atoms with Gasteiger partial charge >= 0.3 is 5.97 Å². The van der Waals surface area contributed by atoms with Crippen molar-refractivity contribution in [1.82, 2.24) is 9.78 Å². The van der Waals surface area contributed by atoms with Crippen molar-refractivity contribution in [1.29, 1.82) is 0 Å². The lowest BCUT2D eigenvalue weighted by Gasteiger charge is -2.24. The molecule has 4 rings (SSSR count). The molecule has 5 nitrogen and oxygen atoms in total. The van der Waals surface area contributed by atoms with Gasteiger partial charge in [0, 0.05) is 18.0 Å². The van der Waals surface area contributed by atoms with Crippen LogP contribution in [0.25, 0.3) is 5.69 Å². The van der Waals surface area contributed by atoms with Gasteiger partial charge in [0.15, 0.2) is 0 Å². The number of carboxylic acid groups (broad SMARTS) is 1. The van der Waals surface area contributed by atoms with Crippen molar-refractivity contribution in [3.8, 4) is 5.69 Å². The predicted molar refractivity (Wildman–Crippen MR) is 88.5 cm³/mol. The molecule has 2 aromatic rings. The van der Waals surface area contributed by atoms with Gasteiger partial charge in [0.1, 0.15) is 5.82 Å². The summed E-state index contributed by atoms with van der Waals surface area (Å²) in [5, 5.41) is 17.5. The molecule has 0 radical (unpaired) electrons. The van der Waals surface area contributed by atoms with Crippen LogP contribution in [-0.4, -0.2) is 27.4 Å². The number of anilines is 1. The zero-order valence-electron chi connectivity index (χ0n) is 13.1. The van der Waals surface area contributed by atoms with Gasteiger partial charge in [-0.2, -0.15) is 5.10 Å². The predicted octanol–water partition coefficient (Wildman–Crippen LogP) is 3.59. The molecule has 23 heavy (non-hydrogen) atoms. The van der Waals surface area contributed by atoms with Crippen molar-refractivity contribution in [3.05, 3.63) is 41.1 Å². The van der Waals surface area contributed by atoms with Crippen LogP contribution < -0.4 is 5.32 Å². The molecule has 1 aliphatic carbocycles. The second kappa shape index (κ2) is 5.72. The number of rotatable bonds is 3. The van der Waals surface area contributed by atoms with E-state index in [2.05, 4.69) is 5.32 Å². The maximum Gasteiger partial charge on any atom is 0.335 e. The SMILES string of the molecule is O=C(O)c1ccc(-n2nc(C3CCC3)c3c2NCCCC3)cc1. The molecule has 0 saturated heterocycles. The van der Waals surface area contributed by atoms with Crippen molar-refractivity contribution in [2.24, 2.45) is 0 Å². The molecule has 120 valence electrons. The molecule has 0 unspecified atom stereocenters. The Morgan fingerprint density at radius 2 is 1.96 bits per heavy atom.